The third-order valence-electron chi connectivity index (χ3n) is 5.66. The molecular formula is C22H32N4O3. The van der Waals surface area contributed by atoms with Crippen molar-refractivity contribution in [3.05, 3.63) is 39.1 Å². The highest BCUT2D eigenvalue weighted by Crippen LogP contribution is 2.28. The zero-order valence-electron chi connectivity index (χ0n) is 18.3. The highest BCUT2D eigenvalue weighted by Gasteiger charge is 2.26. The predicted molar refractivity (Wildman–Crippen MR) is 114 cm³/mol. The summed E-state index contributed by atoms with van der Waals surface area (Å²) in [5.74, 6) is 0.123. The summed E-state index contributed by atoms with van der Waals surface area (Å²) in [4.78, 5) is 25.9. The van der Waals surface area contributed by atoms with Crippen molar-refractivity contribution >= 4 is 17.7 Å². The number of allylic oxidation sites excluding steroid dienone is 1. The van der Waals surface area contributed by atoms with Crippen LogP contribution in [0.5, 0.6) is 0 Å². The van der Waals surface area contributed by atoms with Crippen molar-refractivity contribution in [1.29, 1.82) is 0 Å². The molecule has 158 valence electrons. The van der Waals surface area contributed by atoms with Crippen LogP contribution in [0.2, 0.25) is 0 Å². The molecular weight excluding hydrogens is 368 g/mol. The zero-order chi connectivity index (χ0) is 21.3. The van der Waals surface area contributed by atoms with Crippen molar-refractivity contribution in [1.82, 2.24) is 14.5 Å². The maximum absolute atomic E-state index is 13.1. The van der Waals surface area contributed by atoms with Gasteiger partial charge in [0.15, 0.2) is 11.5 Å². The largest absolute Gasteiger partial charge is 0.356 e. The van der Waals surface area contributed by atoms with E-state index in [0.29, 0.717) is 17.0 Å². The summed E-state index contributed by atoms with van der Waals surface area (Å²) in [6.45, 7) is 9.89. The molecule has 2 aromatic rings. The van der Waals surface area contributed by atoms with E-state index >= 15 is 0 Å². The highest BCUT2D eigenvalue weighted by molar-refractivity contribution is 6.04. The number of hydrogen-bond donors (Lipinski definition) is 1. The molecule has 0 aliphatic heterocycles. The quantitative estimate of drug-likeness (QED) is 0.812. The van der Waals surface area contributed by atoms with Gasteiger partial charge in [0.05, 0.1) is 11.7 Å². The molecule has 0 unspecified atom stereocenters. The van der Waals surface area contributed by atoms with Gasteiger partial charge in [-0.25, -0.2) is 4.68 Å². The minimum atomic E-state index is -0.428. The van der Waals surface area contributed by atoms with Gasteiger partial charge >= 0.3 is 0 Å². The average Bonchev–Trinajstić information content (AvgIpc) is 3.13. The number of carbonyl (C=O) groups is 1. The Labute approximate surface area is 171 Å². The molecule has 1 amide bonds. The second-order valence-corrected chi connectivity index (χ2v) is 9.10. The number of rotatable bonds is 4. The van der Waals surface area contributed by atoms with E-state index < -0.39 is 5.91 Å². The van der Waals surface area contributed by atoms with Crippen LogP contribution in [0.25, 0.3) is 6.08 Å². The SMILES string of the molecule is Cc1c(C(=O)Nc2c(C)n(C)n(C3CCCCC3)c2=O)noc1/C=C/C(C)(C)C. The Morgan fingerprint density at radius 2 is 1.86 bits per heavy atom. The monoisotopic (exact) mass is 400 g/mol. The third-order valence-corrected chi connectivity index (χ3v) is 5.66. The van der Waals surface area contributed by atoms with E-state index in [1.54, 1.807) is 11.6 Å². The second kappa shape index (κ2) is 8.05. The van der Waals surface area contributed by atoms with Gasteiger partial charge in [0, 0.05) is 12.6 Å². The predicted octanol–water partition coefficient (Wildman–Crippen LogP) is 4.61. The van der Waals surface area contributed by atoms with Gasteiger partial charge in [0.2, 0.25) is 0 Å². The summed E-state index contributed by atoms with van der Waals surface area (Å²) in [5.41, 5.74) is 1.75. The Balaban J connectivity index is 1.86. The van der Waals surface area contributed by atoms with Crippen molar-refractivity contribution in [2.75, 3.05) is 5.32 Å². The van der Waals surface area contributed by atoms with Crippen molar-refractivity contribution in [3.63, 3.8) is 0 Å². The Morgan fingerprint density at radius 3 is 2.48 bits per heavy atom. The van der Waals surface area contributed by atoms with Gasteiger partial charge in [-0.2, -0.15) is 0 Å². The maximum Gasteiger partial charge on any atom is 0.291 e. The van der Waals surface area contributed by atoms with Crippen molar-refractivity contribution in [3.8, 4) is 0 Å². The second-order valence-electron chi connectivity index (χ2n) is 9.10. The van der Waals surface area contributed by atoms with E-state index in [9.17, 15) is 9.59 Å². The molecule has 7 heteroatoms. The third kappa shape index (κ3) is 4.38. The molecule has 3 rings (SSSR count). The number of amides is 1. The van der Waals surface area contributed by atoms with Crippen molar-refractivity contribution in [2.24, 2.45) is 12.5 Å². The maximum atomic E-state index is 13.1. The highest BCUT2D eigenvalue weighted by atomic mass is 16.5. The number of anilines is 1. The van der Waals surface area contributed by atoms with E-state index in [-0.39, 0.29) is 22.7 Å². The molecule has 0 atom stereocenters. The van der Waals surface area contributed by atoms with Gasteiger partial charge in [0.1, 0.15) is 5.69 Å². The smallest absolute Gasteiger partial charge is 0.291 e. The molecule has 1 aliphatic rings. The molecule has 0 bridgehead atoms. The van der Waals surface area contributed by atoms with Crippen LogP contribution in [0.1, 0.15) is 86.4 Å². The first-order chi connectivity index (χ1) is 13.6. The molecule has 2 heterocycles. The number of aromatic nitrogens is 3. The van der Waals surface area contributed by atoms with Gasteiger partial charge < -0.3 is 9.84 Å². The normalized spacial score (nSPS) is 15.9. The molecule has 2 aromatic heterocycles. The number of nitrogens with zero attached hydrogens (tertiary/aromatic N) is 3. The summed E-state index contributed by atoms with van der Waals surface area (Å²) < 4.78 is 9.00. The van der Waals surface area contributed by atoms with E-state index in [0.717, 1.165) is 31.4 Å². The summed E-state index contributed by atoms with van der Waals surface area (Å²) in [7, 11) is 1.87. The molecule has 1 N–H and O–H groups in total. The van der Waals surface area contributed by atoms with E-state index in [2.05, 4.69) is 31.2 Å². The van der Waals surface area contributed by atoms with Gasteiger partial charge in [-0.1, -0.05) is 51.3 Å². The topological polar surface area (TPSA) is 82.1 Å². The van der Waals surface area contributed by atoms with Crippen LogP contribution in [-0.4, -0.2) is 20.4 Å². The van der Waals surface area contributed by atoms with Gasteiger partial charge in [-0.3, -0.25) is 14.3 Å². The minimum absolute atomic E-state index is 0.00694. The van der Waals surface area contributed by atoms with Gasteiger partial charge in [0.25, 0.3) is 11.5 Å². The Hall–Kier alpha value is -2.57. The molecule has 1 saturated carbocycles. The van der Waals surface area contributed by atoms with Crippen LogP contribution in [0, 0.1) is 19.3 Å². The number of nitrogens with one attached hydrogen (secondary N) is 1. The van der Waals surface area contributed by atoms with Gasteiger partial charge in [-0.05, 0) is 38.2 Å². The fourth-order valence-electron chi connectivity index (χ4n) is 3.82. The molecule has 7 nitrogen and oxygen atoms in total. The average molecular weight is 401 g/mol. The lowest BCUT2D eigenvalue weighted by atomic mass is 9.96. The number of carbonyl (C=O) groups excluding carboxylic acids is 1. The summed E-state index contributed by atoms with van der Waals surface area (Å²) in [5, 5.41) is 6.72. The molecule has 29 heavy (non-hydrogen) atoms. The zero-order valence-corrected chi connectivity index (χ0v) is 18.3. The van der Waals surface area contributed by atoms with Crippen LogP contribution in [0.15, 0.2) is 15.4 Å². The molecule has 1 fully saturated rings. The van der Waals surface area contributed by atoms with Crippen LogP contribution in [0.3, 0.4) is 0 Å². The lowest BCUT2D eigenvalue weighted by molar-refractivity contribution is 0.101. The molecule has 0 saturated heterocycles. The fourth-order valence-corrected chi connectivity index (χ4v) is 3.82. The van der Waals surface area contributed by atoms with E-state index in [1.807, 2.05) is 30.8 Å². The van der Waals surface area contributed by atoms with Crippen molar-refractivity contribution < 1.29 is 9.32 Å². The van der Waals surface area contributed by atoms with Crippen LogP contribution >= 0.6 is 0 Å². The summed E-state index contributed by atoms with van der Waals surface area (Å²) in [6.07, 6.45) is 9.32. The molecule has 0 radical (unpaired) electrons. The summed E-state index contributed by atoms with van der Waals surface area (Å²) in [6, 6.07) is 0.188. The summed E-state index contributed by atoms with van der Waals surface area (Å²) >= 11 is 0. The molecule has 0 spiro atoms. The lowest BCUT2D eigenvalue weighted by Crippen LogP contribution is -2.29. The van der Waals surface area contributed by atoms with Crippen molar-refractivity contribution in [2.45, 2.75) is 72.8 Å². The standard InChI is InChI=1S/C22H32N4O3/c1-14-17(12-13-22(3,4)5)29-24-18(14)20(27)23-19-15(2)25(6)26(21(19)28)16-10-8-7-9-11-16/h12-13,16H,7-11H2,1-6H3,(H,23,27)/b13-12+. The Bertz CT molecular complexity index is 979. The first-order valence-corrected chi connectivity index (χ1v) is 10.3. The first kappa shape index (κ1) is 21.1. The van der Waals surface area contributed by atoms with Crippen LogP contribution < -0.4 is 10.9 Å². The Kier molecular flexibility index (Phi) is 5.87. The van der Waals surface area contributed by atoms with E-state index in [4.69, 9.17) is 4.52 Å². The lowest BCUT2D eigenvalue weighted by Gasteiger charge is -2.24. The first-order valence-electron chi connectivity index (χ1n) is 10.3. The van der Waals surface area contributed by atoms with Gasteiger partial charge in [-0.15, -0.1) is 0 Å². The fraction of sp³-hybridized carbons (Fsp3) is 0.591. The molecule has 0 aromatic carbocycles. The minimum Gasteiger partial charge on any atom is -0.356 e. The Morgan fingerprint density at radius 1 is 1.21 bits per heavy atom. The molecule has 1 aliphatic carbocycles. The van der Waals surface area contributed by atoms with Crippen LogP contribution in [0.4, 0.5) is 5.69 Å². The number of hydrogen-bond acceptors (Lipinski definition) is 4. The van der Waals surface area contributed by atoms with Crippen LogP contribution in [-0.2, 0) is 7.05 Å². The van der Waals surface area contributed by atoms with E-state index in [1.165, 1.54) is 6.42 Å².